The van der Waals surface area contributed by atoms with Crippen molar-refractivity contribution in [3.63, 3.8) is 0 Å². The number of likely N-dealkylation sites (N-methyl/N-ethyl adjacent to an activating group) is 1. The van der Waals surface area contributed by atoms with Gasteiger partial charge >= 0.3 is 0 Å². The van der Waals surface area contributed by atoms with Gasteiger partial charge in [-0.1, -0.05) is 48.5 Å². The number of benzene rings is 2. The molecule has 0 aliphatic carbocycles. The van der Waals surface area contributed by atoms with Crippen molar-refractivity contribution in [2.75, 3.05) is 18.4 Å². The Morgan fingerprint density at radius 3 is 2.63 bits per heavy atom. The minimum atomic E-state index is -2.53. The van der Waals surface area contributed by atoms with Gasteiger partial charge < -0.3 is 4.90 Å². The number of anilines is 1. The molecule has 1 amide bonds. The van der Waals surface area contributed by atoms with E-state index in [0.717, 1.165) is 10.5 Å². The molecule has 0 fully saturated rings. The van der Waals surface area contributed by atoms with Crippen molar-refractivity contribution < 1.29 is 8.91 Å². The minimum absolute atomic E-state index is 0.183. The summed E-state index contributed by atoms with van der Waals surface area (Å²) in [4.78, 5) is 17.5. The first kappa shape index (κ1) is 8.64. The number of rotatable bonds is 1. The van der Waals surface area contributed by atoms with Gasteiger partial charge in [0.25, 0.3) is 0 Å². The summed E-state index contributed by atoms with van der Waals surface area (Å²) in [5.41, 5.74) is 2.51. The first-order valence-electron chi connectivity index (χ1n) is 7.51. The van der Waals surface area contributed by atoms with E-state index in [9.17, 15) is 4.79 Å². The Labute approximate surface area is 116 Å². The zero-order valence-electron chi connectivity index (χ0n) is 13.2. The van der Waals surface area contributed by atoms with E-state index in [-0.39, 0.29) is 6.54 Å². The highest BCUT2D eigenvalue weighted by molar-refractivity contribution is 6.19. The van der Waals surface area contributed by atoms with E-state index >= 15 is 0 Å². The smallest absolute Gasteiger partial charge is 0.248 e. The summed E-state index contributed by atoms with van der Waals surface area (Å²) in [5.74, 6) is -0.529. The molecule has 19 heavy (non-hydrogen) atoms. The summed E-state index contributed by atoms with van der Waals surface area (Å²) in [6.07, 6.45) is 0. The molecule has 1 aliphatic heterocycles. The number of hydrogen-bond acceptors (Lipinski definition) is 2. The number of amides is 1. The number of carbonyl (C=O) groups is 1. The van der Waals surface area contributed by atoms with E-state index in [1.165, 1.54) is 0 Å². The van der Waals surface area contributed by atoms with E-state index < -0.39 is 12.9 Å². The standard InChI is InChI=1S/C16H14N2O/c1-18-14-10-6-5-9-13(14)16(17-11-15(18)19)12-7-3-2-4-8-12/h2-10H,11H2,1H3/i1D3. The maximum Gasteiger partial charge on any atom is 0.248 e. The summed E-state index contributed by atoms with van der Waals surface area (Å²) < 4.78 is 22.9. The SMILES string of the molecule is [2H]C([2H])([2H])N1C(=O)CN=C(c2ccccc2)c2ccccc21. The van der Waals surface area contributed by atoms with E-state index in [2.05, 4.69) is 4.99 Å². The van der Waals surface area contributed by atoms with Gasteiger partial charge in [-0.3, -0.25) is 9.79 Å². The molecule has 0 N–H and O–H groups in total. The lowest BCUT2D eigenvalue weighted by atomic mass is 10.0. The van der Waals surface area contributed by atoms with E-state index in [4.69, 9.17) is 4.11 Å². The number of aliphatic imine (C=N–C) groups is 1. The largest absolute Gasteiger partial charge is 0.313 e. The van der Waals surface area contributed by atoms with Crippen molar-refractivity contribution in [2.24, 2.45) is 4.99 Å². The molecule has 0 aromatic heterocycles. The van der Waals surface area contributed by atoms with Crippen molar-refractivity contribution >= 4 is 17.3 Å². The molecule has 0 radical (unpaired) electrons. The number of hydrogen-bond donors (Lipinski definition) is 0. The van der Waals surface area contributed by atoms with Gasteiger partial charge in [-0.25, -0.2) is 0 Å². The molecule has 0 saturated carbocycles. The highest BCUT2D eigenvalue weighted by Crippen LogP contribution is 2.25. The normalized spacial score (nSPS) is 17.7. The second-order valence-corrected chi connectivity index (χ2v) is 4.28. The van der Waals surface area contributed by atoms with Gasteiger partial charge in [0.15, 0.2) is 0 Å². The summed E-state index contributed by atoms with van der Waals surface area (Å²) in [6, 6.07) is 16.4. The lowest BCUT2D eigenvalue weighted by Gasteiger charge is -2.17. The van der Waals surface area contributed by atoms with Gasteiger partial charge in [-0.2, -0.15) is 0 Å². The van der Waals surface area contributed by atoms with Crippen LogP contribution in [0.3, 0.4) is 0 Å². The number of para-hydroxylation sites is 1. The molecular weight excluding hydrogens is 236 g/mol. The molecule has 3 rings (SSSR count). The summed E-state index contributed by atoms with van der Waals surface area (Å²) in [6.45, 7) is -2.72. The van der Waals surface area contributed by atoms with Gasteiger partial charge in [0.1, 0.15) is 6.54 Å². The molecule has 1 aliphatic rings. The summed E-state index contributed by atoms with van der Waals surface area (Å²) in [5, 5.41) is 0. The maximum atomic E-state index is 12.3. The Bertz CT molecular complexity index is 739. The van der Waals surface area contributed by atoms with Gasteiger partial charge in [-0.05, 0) is 6.07 Å². The van der Waals surface area contributed by atoms with Crippen molar-refractivity contribution in [2.45, 2.75) is 0 Å². The van der Waals surface area contributed by atoms with E-state index in [1.54, 1.807) is 18.2 Å². The third-order valence-electron chi connectivity index (χ3n) is 3.07. The van der Waals surface area contributed by atoms with Crippen LogP contribution in [0.25, 0.3) is 0 Å². The number of nitrogens with zero attached hydrogens (tertiary/aromatic N) is 2. The van der Waals surface area contributed by atoms with E-state index in [1.807, 2.05) is 36.4 Å². The lowest BCUT2D eigenvalue weighted by molar-refractivity contribution is -0.116. The zero-order chi connectivity index (χ0) is 15.7. The predicted molar refractivity (Wildman–Crippen MR) is 76.8 cm³/mol. The number of benzodiazepines with no additional fused rings is 1. The van der Waals surface area contributed by atoms with Crippen LogP contribution in [0.1, 0.15) is 15.2 Å². The molecule has 0 saturated heterocycles. The summed E-state index contributed by atoms with van der Waals surface area (Å²) in [7, 11) is 0. The molecule has 0 unspecified atom stereocenters. The molecule has 3 nitrogen and oxygen atoms in total. The van der Waals surface area contributed by atoms with Crippen LogP contribution in [0, 0.1) is 0 Å². The maximum absolute atomic E-state index is 12.3. The topological polar surface area (TPSA) is 32.7 Å². The van der Waals surface area contributed by atoms with Crippen LogP contribution in [0.5, 0.6) is 0 Å². The van der Waals surface area contributed by atoms with Crippen LogP contribution in [0.2, 0.25) is 0 Å². The van der Waals surface area contributed by atoms with Crippen LogP contribution in [0.15, 0.2) is 59.6 Å². The second kappa shape index (κ2) is 4.69. The molecule has 2 aromatic rings. The molecule has 0 atom stereocenters. The fourth-order valence-electron chi connectivity index (χ4n) is 2.15. The fraction of sp³-hybridized carbons (Fsp3) is 0.125. The monoisotopic (exact) mass is 253 g/mol. The average molecular weight is 253 g/mol. The molecule has 0 spiro atoms. The van der Waals surface area contributed by atoms with Gasteiger partial charge in [0.05, 0.1) is 11.4 Å². The molecule has 1 heterocycles. The highest BCUT2D eigenvalue weighted by Gasteiger charge is 2.21. The Hall–Kier alpha value is -2.42. The van der Waals surface area contributed by atoms with Crippen molar-refractivity contribution in [1.29, 1.82) is 0 Å². The van der Waals surface area contributed by atoms with Crippen LogP contribution in [-0.4, -0.2) is 25.1 Å². The highest BCUT2D eigenvalue weighted by atomic mass is 16.2. The van der Waals surface area contributed by atoms with Crippen molar-refractivity contribution in [3.05, 3.63) is 65.7 Å². The number of fused-ring (bicyclic) bond motifs is 1. The van der Waals surface area contributed by atoms with Gasteiger partial charge in [-0.15, -0.1) is 0 Å². The molecular formula is C16H14N2O. The Kier molecular flexibility index (Phi) is 2.13. The first-order valence-corrected chi connectivity index (χ1v) is 6.01. The van der Waals surface area contributed by atoms with Crippen LogP contribution in [0.4, 0.5) is 5.69 Å². The fourth-order valence-corrected chi connectivity index (χ4v) is 2.15. The Balaban J connectivity index is 2.21. The van der Waals surface area contributed by atoms with Crippen LogP contribution in [-0.2, 0) is 4.79 Å². The Morgan fingerprint density at radius 1 is 1.11 bits per heavy atom. The molecule has 3 heteroatoms. The quantitative estimate of drug-likeness (QED) is 0.768. The second-order valence-electron chi connectivity index (χ2n) is 4.28. The van der Waals surface area contributed by atoms with Crippen molar-refractivity contribution in [1.82, 2.24) is 0 Å². The van der Waals surface area contributed by atoms with Gasteiger partial charge in [0.2, 0.25) is 5.91 Å². The third-order valence-corrected chi connectivity index (χ3v) is 3.07. The molecule has 0 bridgehead atoms. The van der Waals surface area contributed by atoms with Crippen LogP contribution < -0.4 is 4.90 Å². The third kappa shape index (κ3) is 2.03. The molecule has 94 valence electrons. The Morgan fingerprint density at radius 2 is 1.84 bits per heavy atom. The lowest BCUT2D eigenvalue weighted by Crippen LogP contribution is -2.27. The van der Waals surface area contributed by atoms with Gasteiger partial charge in [0, 0.05) is 22.2 Å². The zero-order valence-corrected chi connectivity index (χ0v) is 10.2. The number of carbonyl (C=O) groups excluding carboxylic acids is 1. The molecule has 2 aromatic carbocycles. The first-order chi connectivity index (χ1) is 10.5. The minimum Gasteiger partial charge on any atom is -0.313 e. The summed E-state index contributed by atoms with van der Waals surface area (Å²) >= 11 is 0. The average Bonchev–Trinajstić information content (AvgIpc) is 2.63. The van der Waals surface area contributed by atoms with Crippen LogP contribution >= 0.6 is 0 Å². The van der Waals surface area contributed by atoms with E-state index in [0.29, 0.717) is 17.0 Å². The predicted octanol–water partition coefficient (Wildman–Crippen LogP) is 2.50. The van der Waals surface area contributed by atoms with Crippen molar-refractivity contribution in [3.8, 4) is 0 Å².